The van der Waals surface area contributed by atoms with Gasteiger partial charge in [0.2, 0.25) is 0 Å². The molecule has 0 aromatic carbocycles. The molecule has 0 saturated carbocycles. The molecule has 4 heteroatoms. The predicted octanol–water partition coefficient (Wildman–Crippen LogP) is 0.532. The zero-order chi connectivity index (χ0) is 7.28. The van der Waals surface area contributed by atoms with Crippen molar-refractivity contribution in [3.8, 4) is 0 Å². The molecule has 2 unspecified atom stereocenters. The average molecular weight is 152 g/mol. The van der Waals surface area contributed by atoms with Crippen molar-refractivity contribution in [2.24, 2.45) is 0 Å². The van der Waals surface area contributed by atoms with Crippen molar-refractivity contribution in [3.63, 3.8) is 0 Å². The number of halogens is 1. The molecule has 0 bridgehead atoms. The molecule has 1 heterocycles. The van der Waals surface area contributed by atoms with Crippen molar-refractivity contribution in [1.29, 1.82) is 0 Å². The maximum atomic E-state index is 12.7. The summed E-state index contributed by atoms with van der Waals surface area (Å²) in [7, 11) is -3.04. The molecule has 9 heavy (non-hydrogen) atoms. The lowest BCUT2D eigenvalue weighted by atomic mass is 10.1. The molecule has 0 N–H and O–H groups in total. The lowest BCUT2D eigenvalue weighted by Gasteiger charge is -2.36. The Labute approximate surface area is 54.0 Å². The van der Waals surface area contributed by atoms with E-state index in [1.165, 1.54) is 13.8 Å². The van der Waals surface area contributed by atoms with Crippen LogP contribution in [0.4, 0.5) is 4.39 Å². The van der Waals surface area contributed by atoms with Gasteiger partial charge >= 0.3 is 0 Å². The SMILES string of the molecule is CC1C(C)(F)CS1(=O)=O. The first-order valence-corrected chi connectivity index (χ1v) is 4.48. The molecule has 54 valence electrons. The highest BCUT2D eigenvalue weighted by atomic mass is 32.2. The summed E-state index contributed by atoms with van der Waals surface area (Å²) in [6.07, 6.45) is 0. The quantitative estimate of drug-likeness (QED) is 0.507. The second-order valence-corrected chi connectivity index (χ2v) is 5.05. The van der Waals surface area contributed by atoms with E-state index >= 15 is 0 Å². The molecule has 1 aliphatic rings. The van der Waals surface area contributed by atoms with Crippen LogP contribution in [0.3, 0.4) is 0 Å². The van der Waals surface area contributed by atoms with E-state index in [1.54, 1.807) is 0 Å². The van der Waals surface area contributed by atoms with Crippen molar-refractivity contribution in [1.82, 2.24) is 0 Å². The van der Waals surface area contributed by atoms with Crippen molar-refractivity contribution in [3.05, 3.63) is 0 Å². The van der Waals surface area contributed by atoms with E-state index in [0.717, 1.165) is 0 Å². The first-order chi connectivity index (χ1) is 3.86. The summed E-state index contributed by atoms with van der Waals surface area (Å²) in [5.74, 6) is -0.304. The summed E-state index contributed by atoms with van der Waals surface area (Å²) in [5, 5.41) is -0.801. The number of sulfone groups is 1. The molecule has 1 rings (SSSR count). The molecule has 1 saturated heterocycles. The molecule has 0 amide bonds. The van der Waals surface area contributed by atoms with E-state index < -0.39 is 20.8 Å². The van der Waals surface area contributed by atoms with E-state index in [9.17, 15) is 12.8 Å². The molecule has 0 spiro atoms. The largest absolute Gasteiger partial charge is 0.242 e. The maximum Gasteiger partial charge on any atom is 0.159 e. The highest BCUT2D eigenvalue weighted by molar-refractivity contribution is 7.93. The van der Waals surface area contributed by atoms with Crippen LogP contribution in [0.25, 0.3) is 0 Å². The van der Waals surface area contributed by atoms with Crippen LogP contribution in [0.2, 0.25) is 0 Å². The zero-order valence-electron chi connectivity index (χ0n) is 5.39. The minimum atomic E-state index is -3.04. The van der Waals surface area contributed by atoms with E-state index in [-0.39, 0.29) is 5.75 Å². The number of rotatable bonds is 0. The Morgan fingerprint density at radius 1 is 1.67 bits per heavy atom. The normalized spacial score (nSPS) is 48.1. The monoisotopic (exact) mass is 152 g/mol. The topological polar surface area (TPSA) is 34.1 Å². The highest BCUT2D eigenvalue weighted by Gasteiger charge is 2.53. The Morgan fingerprint density at radius 3 is 2.11 bits per heavy atom. The van der Waals surface area contributed by atoms with Crippen LogP contribution in [0.15, 0.2) is 0 Å². The van der Waals surface area contributed by atoms with Crippen molar-refractivity contribution < 1.29 is 12.8 Å². The van der Waals surface area contributed by atoms with Gasteiger partial charge in [-0.2, -0.15) is 0 Å². The number of hydrogen-bond donors (Lipinski definition) is 0. The van der Waals surface area contributed by atoms with Gasteiger partial charge in [0, 0.05) is 0 Å². The fourth-order valence-electron chi connectivity index (χ4n) is 0.911. The molecule has 1 aliphatic heterocycles. The Kier molecular flexibility index (Phi) is 1.15. The zero-order valence-corrected chi connectivity index (χ0v) is 6.20. The van der Waals surface area contributed by atoms with Crippen molar-refractivity contribution in [2.75, 3.05) is 5.75 Å². The van der Waals surface area contributed by atoms with Gasteiger partial charge in [-0.25, -0.2) is 12.8 Å². The highest BCUT2D eigenvalue weighted by Crippen LogP contribution is 2.34. The van der Waals surface area contributed by atoms with Gasteiger partial charge in [0.05, 0.1) is 11.0 Å². The molecule has 0 aromatic heterocycles. The third-order valence-electron chi connectivity index (χ3n) is 1.87. The van der Waals surface area contributed by atoms with Gasteiger partial charge in [-0.1, -0.05) is 0 Å². The van der Waals surface area contributed by atoms with Crippen molar-refractivity contribution in [2.45, 2.75) is 24.8 Å². The van der Waals surface area contributed by atoms with Gasteiger partial charge in [0.15, 0.2) is 9.84 Å². The Hall–Kier alpha value is -0.120. The lowest BCUT2D eigenvalue weighted by Crippen LogP contribution is -2.56. The first kappa shape index (κ1) is 6.99. The predicted molar refractivity (Wildman–Crippen MR) is 32.8 cm³/mol. The Morgan fingerprint density at radius 2 is 2.11 bits per heavy atom. The van der Waals surface area contributed by atoms with Crippen LogP contribution >= 0.6 is 0 Å². The minimum absolute atomic E-state index is 0.304. The maximum absolute atomic E-state index is 12.7. The second-order valence-electron chi connectivity index (χ2n) is 2.73. The fourth-order valence-corrected chi connectivity index (χ4v) is 2.73. The molecule has 2 nitrogen and oxygen atoms in total. The fraction of sp³-hybridized carbons (Fsp3) is 1.00. The molecule has 0 radical (unpaired) electrons. The third kappa shape index (κ3) is 0.852. The van der Waals surface area contributed by atoms with E-state index in [2.05, 4.69) is 0 Å². The van der Waals surface area contributed by atoms with Gasteiger partial charge in [-0.3, -0.25) is 0 Å². The summed E-state index contributed by atoms with van der Waals surface area (Å²) in [4.78, 5) is 0. The average Bonchev–Trinajstić information content (AvgIpc) is 1.63. The van der Waals surface area contributed by atoms with Crippen LogP contribution in [0.5, 0.6) is 0 Å². The molecule has 0 aromatic rings. The summed E-state index contributed by atoms with van der Waals surface area (Å²) in [6, 6.07) is 0. The van der Waals surface area contributed by atoms with E-state index in [0.29, 0.717) is 0 Å². The molecular formula is C5H9FO2S. The smallest absolute Gasteiger partial charge is 0.159 e. The lowest BCUT2D eigenvalue weighted by molar-refractivity contribution is 0.189. The van der Waals surface area contributed by atoms with Crippen LogP contribution < -0.4 is 0 Å². The number of alkyl halides is 1. The minimum Gasteiger partial charge on any atom is -0.242 e. The van der Waals surface area contributed by atoms with E-state index in [1.807, 2.05) is 0 Å². The van der Waals surface area contributed by atoms with Gasteiger partial charge in [-0.05, 0) is 13.8 Å². The summed E-state index contributed by atoms with van der Waals surface area (Å²) in [6.45, 7) is 2.72. The standard InChI is InChI=1S/C5H9FO2S/c1-4-5(2,6)3-9(4,7)8/h4H,3H2,1-2H3. The Balaban J connectivity index is 2.86. The Bertz CT molecular complexity index is 217. The molecule has 2 atom stereocenters. The summed E-state index contributed by atoms with van der Waals surface area (Å²) < 4.78 is 33.9. The molecule has 0 aliphatic carbocycles. The molecule has 1 fully saturated rings. The molecular weight excluding hydrogens is 143 g/mol. The number of hydrogen-bond acceptors (Lipinski definition) is 2. The summed E-state index contributed by atoms with van der Waals surface area (Å²) >= 11 is 0. The van der Waals surface area contributed by atoms with Crippen LogP contribution in [-0.4, -0.2) is 25.1 Å². The van der Waals surface area contributed by atoms with Gasteiger partial charge in [0.1, 0.15) is 5.67 Å². The first-order valence-electron chi connectivity index (χ1n) is 2.77. The summed E-state index contributed by atoms with van der Waals surface area (Å²) in [5.41, 5.74) is -1.47. The van der Waals surface area contributed by atoms with Crippen LogP contribution in [0, 0.1) is 0 Å². The van der Waals surface area contributed by atoms with Crippen molar-refractivity contribution >= 4 is 9.84 Å². The van der Waals surface area contributed by atoms with E-state index in [4.69, 9.17) is 0 Å². The van der Waals surface area contributed by atoms with Gasteiger partial charge < -0.3 is 0 Å². The van der Waals surface area contributed by atoms with Gasteiger partial charge in [0.25, 0.3) is 0 Å². The van der Waals surface area contributed by atoms with Crippen LogP contribution in [-0.2, 0) is 9.84 Å². The van der Waals surface area contributed by atoms with Crippen LogP contribution in [0.1, 0.15) is 13.8 Å². The van der Waals surface area contributed by atoms with Gasteiger partial charge in [-0.15, -0.1) is 0 Å². The third-order valence-corrected chi connectivity index (χ3v) is 4.41. The second kappa shape index (κ2) is 1.48.